The zero-order chi connectivity index (χ0) is 16.4. The van der Waals surface area contributed by atoms with Crippen LogP contribution in [0.25, 0.3) is 0 Å². The molecule has 1 aromatic rings. The highest BCUT2D eigenvalue weighted by molar-refractivity contribution is 5.94. The molecule has 0 bridgehead atoms. The van der Waals surface area contributed by atoms with Crippen LogP contribution in [0.3, 0.4) is 0 Å². The maximum absolute atomic E-state index is 12.7. The number of piperidine rings is 1. The van der Waals surface area contributed by atoms with Gasteiger partial charge >= 0.3 is 0 Å². The van der Waals surface area contributed by atoms with Gasteiger partial charge in [0.25, 0.3) is 5.91 Å². The number of carbonyl (C=O) groups excluding carboxylic acids is 1. The SMILES string of the molecule is O=C(c1ccc(NC2CC2)nc1)N1CCC(N2CCOCC2)CC1. The second-order valence-corrected chi connectivity index (χ2v) is 7.02. The van der Waals surface area contributed by atoms with E-state index in [9.17, 15) is 4.79 Å². The van der Waals surface area contributed by atoms with Gasteiger partial charge in [0.2, 0.25) is 0 Å². The van der Waals surface area contributed by atoms with E-state index in [-0.39, 0.29) is 5.91 Å². The van der Waals surface area contributed by atoms with E-state index in [2.05, 4.69) is 15.2 Å². The smallest absolute Gasteiger partial charge is 0.255 e. The highest BCUT2D eigenvalue weighted by Gasteiger charge is 2.28. The van der Waals surface area contributed by atoms with E-state index in [1.165, 1.54) is 12.8 Å². The largest absolute Gasteiger partial charge is 0.379 e. The van der Waals surface area contributed by atoms with Crippen molar-refractivity contribution in [2.45, 2.75) is 37.8 Å². The number of nitrogens with zero attached hydrogens (tertiary/aromatic N) is 3. The molecular weight excluding hydrogens is 304 g/mol. The van der Waals surface area contributed by atoms with E-state index in [0.717, 1.165) is 58.1 Å². The molecule has 1 aromatic heterocycles. The number of anilines is 1. The van der Waals surface area contributed by atoms with Gasteiger partial charge in [-0.25, -0.2) is 4.98 Å². The summed E-state index contributed by atoms with van der Waals surface area (Å²) in [5, 5.41) is 3.35. The fourth-order valence-corrected chi connectivity index (χ4v) is 3.60. The number of nitrogens with one attached hydrogen (secondary N) is 1. The molecule has 0 unspecified atom stereocenters. The third-order valence-electron chi connectivity index (χ3n) is 5.25. The summed E-state index contributed by atoms with van der Waals surface area (Å²) in [5.41, 5.74) is 0.696. The fourth-order valence-electron chi connectivity index (χ4n) is 3.60. The summed E-state index contributed by atoms with van der Waals surface area (Å²) >= 11 is 0. The lowest BCUT2D eigenvalue weighted by Gasteiger charge is -2.40. The number of carbonyl (C=O) groups is 1. The molecule has 6 heteroatoms. The molecule has 1 saturated carbocycles. The van der Waals surface area contributed by atoms with Gasteiger partial charge in [-0.05, 0) is 37.8 Å². The molecule has 3 heterocycles. The molecule has 6 nitrogen and oxygen atoms in total. The van der Waals surface area contributed by atoms with E-state index in [1.54, 1.807) is 6.20 Å². The highest BCUT2D eigenvalue weighted by Crippen LogP contribution is 2.24. The number of likely N-dealkylation sites (tertiary alicyclic amines) is 1. The van der Waals surface area contributed by atoms with Gasteiger partial charge in [-0.15, -0.1) is 0 Å². The van der Waals surface area contributed by atoms with Crippen LogP contribution < -0.4 is 5.32 Å². The lowest BCUT2D eigenvalue weighted by atomic mass is 10.0. The minimum Gasteiger partial charge on any atom is -0.379 e. The number of morpholine rings is 1. The fraction of sp³-hybridized carbons (Fsp3) is 0.667. The minimum absolute atomic E-state index is 0.112. The number of aromatic nitrogens is 1. The van der Waals surface area contributed by atoms with Crippen molar-refractivity contribution in [2.75, 3.05) is 44.7 Å². The standard InChI is InChI=1S/C18H26N4O2/c23-18(14-1-4-17(19-13-14)20-15-2-3-15)22-7-5-16(6-8-22)21-9-11-24-12-10-21/h1,4,13,15-16H,2-3,5-12H2,(H,19,20). The molecule has 0 spiro atoms. The summed E-state index contributed by atoms with van der Waals surface area (Å²) in [5.74, 6) is 0.987. The van der Waals surface area contributed by atoms with E-state index in [0.29, 0.717) is 17.6 Å². The zero-order valence-electron chi connectivity index (χ0n) is 14.1. The van der Waals surface area contributed by atoms with E-state index >= 15 is 0 Å². The predicted octanol–water partition coefficient (Wildman–Crippen LogP) is 1.59. The lowest BCUT2D eigenvalue weighted by molar-refractivity contribution is 0.00158. The Bertz CT molecular complexity index is 559. The third-order valence-corrected chi connectivity index (χ3v) is 5.25. The number of pyridine rings is 1. The van der Waals surface area contributed by atoms with Crippen LogP contribution in [0, 0.1) is 0 Å². The van der Waals surface area contributed by atoms with Crippen molar-refractivity contribution in [3.05, 3.63) is 23.9 Å². The van der Waals surface area contributed by atoms with Crippen LogP contribution in [0.4, 0.5) is 5.82 Å². The Hall–Kier alpha value is -1.66. The highest BCUT2D eigenvalue weighted by atomic mass is 16.5. The van der Waals surface area contributed by atoms with Gasteiger partial charge in [-0.1, -0.05) is 0 Å². The number of rotatable bonds is 4. The van der Waals surface area contributed by atoms with Crippen LogP contribution in [-0.4, -0.2) is 72.2 Å². The van der Waals surface area contributed by atoms with Crippen LogP contribution in [0.1, 0.15) is 36.0 Å². The summed E-state index contributed by atoms with van der Waals surface area (Å²) < 4.78 is 5.43. The number of amides is 1. The van der Waals surface area contributed by atoms with Gasteiger partial charge in [0, 0.05) is 44.5 Å². The van der Waals surface area contributed by atoms with E-state index in [4.69, 9.17) is 4.74 Å². The molecule has 1 aliphatic carbocycles. The maximum Gasteiger partial charge on any atom is 0.255 e. The number of hydrogen-bond donors (Lipinski definition) is 1. The lowest BCUT2D eigenvalue weighted by Crippen LogP contribution is -2.50. The van der Waals surface area contributed by atoms with Crippen molar-refractivity contribution >= 4 is 11.7 Å². The first-order valence-corrected chi connectivity index (χ1v) is 9.13. The molecule has 0 atom stereocenters. The van der Waals surface area contributed by atoms with Crippen LogP contribution >= 0.6 is 0 Å². The normalized spacial score (nSPS) is 23.2. The van der Waals surface area contributed by atoms with Crippen LogP contribution in [0.15, 0.2) is 18.3 Å². The first kappa shape index (κ1) is 15.8. The van der Waals surface area contributed by atoms with E-state index < -0.39 is 0 Å². The monoisotopic (exact) mass is 330 g/mol. The quantitative estimate of drug-likeness (QED) is 0.909. The second-order valence-electron chi connectivity index (χ2n) is 7.02. The van der Waals surface area contributed by atoms with Crippen molar-refractivity contribution < 1.29 is 9.53 Å². The van der Waals surface area contributed by atoms with Crippen LogP contribution in [0.2, 0.25) is 0 Å². The summed E-state index contributed by atoms with van der Waals surface area (Å²) in [7, 11) is 0. The topological polar surface area (TPSA) is 57.7 Å². The van der Waals surface area contributed by atoms with Crippen molar-refractivity contribution in [3.8, 4) is 0 Å². The van der Waals surface area contributed by atoms with Crippen molar-refractivity contribution in [1.29, 1.82) is 0 Å². The van der Waals surface area contributed by atoms with Crippen molar-refractivity contribution in [2.24, 2.45) is 0 Å². The van der Waals surface area contributed by atoms with Gasteiger partial charge in [0.15, 0.2) is 0 Å². The van der Waals surface area contributed by atoms with E-state index in [1.807, 2.05) is 17.0 Å². The molecule has 3 aliphatic rings. The Labute approximate surface area is 143 Å². The number of hydrogen-bond acceptors (Lipinski definition) is 5. The average molecular weight is 330 g/mol. The predicted molar refractivity (Wildman–Crippen MR) is 92.2 cm³/mol. The molecular formula is C18H26N4O2. The van der Waals surface area contributed by atoms with Crippen molar-refractivity contribution in [3.63, 3.8) is 0 Å². The molecule has 4 rings (SSSR count). The van der Waals surface area contributed by atoms with Crippen LogP contribution in [0.5, 0.6) is 0 Å². The Kier molecular flexibility index (Phi) is 4.67. The van der Waals surface area contributed by atoms with Crippen LogP contribution in [-0.2, 0) is 4.74 Å². The Morgan fingerprint density at radius 1 is 1.08 bits per heavy atom. The maximum atomic E-state index is 12.7. The molecule has 24 heavy (non-hydrogen) atoms. The second kappa shape index (κ2) is 7.07. The van der Waals surface area contributed by atoms with Gasteiger partial charge < -0.3 is 15.0 Å². The molecule has 130 valence electrons. The summed E-state index contributed by atoms with van der Waals surface area (Å²) in [4.78, 5) is 21.5. The summed E-state index contributed by atoms with van der Waals surface area (Å²) in [6.45, 7) is 5.40. The third kappa shape index (κ3) is 3.70. The summed E-state index contributed by atoms with van der Waals surface area (Å²) in [6.07, 6.45) is 6.27. The molecule has 3 fully saturated rings. The van der Waals surface area contributed by atoms with Gasteiger partial charge in [-0.3, -0.25) is 9.69 Å². The van der Waals surface area contributed by atoms with Gasteiger partial charge in [0.1, 0.15) is 5.82 Å². The molecule has 1 amide bonds. The minimum atomic E-state index is 0.112. The Morgan fingerprint density at radius 2 is 1.83 bits per heavy atom. The molecule has 2 saturated heterocycles. The van der Waals surface area contributed by atoms with Gasteiger partial charge in [-0.2, -0.15) is 0 Å². The molecule has 1 N–H and O–H groups in total. The first-order valence-electron chi connectivity index (χ1n) is 9.13. The molecule has 0 aromatic carbocycles. The molecule has 2 aliphatic heterocycles. The Balaban J connectivity index is 1.30. The van der Waals surface area contributed by atoms with Crippen molar-refractivity contribution in [1.82, 2.24) is 14.8 Å². The average Bonchev–Trinajstić information content (AvgIpc) is 3.47. The van der Waals surface area contributed by atoms with Gasteiger partial charge in [0.05, 0.1) is 18.8 Å². The first-order chi connectivity index (χ1) is 11.8. The Morgan fingerprint density at radius 3 is 2.46 bits per heavy atom. The summed E-state index contributed by atoms with van der Waals surface area (Å²) in [6, 6.07) is 5.00. The molecule has 0 radical (unpaired) electrons. The number of ether oxygens (including phenoxy) is 1. The zero-order valence-corrected chi connectivity index (χ0v) is 14.1.